The number of aliphatic carboxylic acids is 1. The van der Waals surface area contributed by atoms with E-state index in [-0.39, 0.29) is 13.0 Å². The van der Waals surface area contributed by atoms with E-state index in [1.165, 1.54) is 13.8 Å². The van der Waals surface area contributed by atoms with Crippen LogP contribution in [0.1, 0.15) is 41.0 Å². The number of nitrogens with zero attached hydrogens (tertiary/aromatic N) is 1. The SMILES string of the molecule is CC1(O)CN(C(=O)OC(C)(C)C)[C@](C)(C(=O)O)C1. The van der Waals surface area contributed by atoms with E-state index in [1.54, 1.807) is 20.8 Å². The molecule has 1 rings (SSSR count). The van der Waals surface area contributed by atoms with E-state index >= 15 is 0 Å². The minimum absolute atomic E-state index is 0.0193. The van der Waals surface area contributed by atoms with Crippen LogP contribution in [0.5, 0.6) is 0 Å². The number of amides is 1. The largest absolute Gasteiger partial charge is 0.480 e. The zero-order valence-corrected chi connectivity index (χ0v) is 11.5. The molecule has 0 spiro atoms. The Kier molecular flexibility index (Phi) is 3.38. The Labute approximate surface area is 107 Å². The molecule has 2 N–H and O–H groups in total. The number of carboxylic acid groups (broad SMARTS) is 1. The Morgan fingerprint density at radius 2 is 1.78 bits per heavy atom. The number of ether oxygens (including phenoxy) is 1. The van der Waals surface area contributed by atoms with Crippen LogP contribution < -0.4 is 0 Å². The molecule has 1 amide bonds. The second-order valence-electron chi connectivity index (χ2n) is 6.32. The summed E-state index contributed by atoms with van der Waals surface area (Å²) < 4.78 is 5.17. The van der Waals surface area contributed by atoms with Crippen LogP contribution in [0.3, 0.4) is 0 Å². The standard InChI is InChI=1S/C12H21NO5/c1-10(2,3)18-9(16)13-7-11(4,17)6-12(13,5)8(14)15/h17H,6-7H2,1-5H3,(H,14,15)/t11?,12-/m0/s1. The second-order valence-corrected chi connectivity index (χ2v) is 6.32. The number of carboxylic acids is 1. The number of carbonyl (C=O) groups excluding carboxylic acids is 1. The summed E-state index contributed by atoms with van der Waals surface area (Å²) in [5.41, 5.74) is -3.36. The molecule has 104 valence electrons. The molecule has 1 heterocycles. The van der Waals surface area contributed by atoms with Gasteiger partial charge in [-0.25, -0.2) is 9.59 Å². The van der Waals surface area contributed by atoms with E-state index < -0.39 is 28.8 Å². The average Bonchev–Trinajstić information content (AvgIpc) is 2.34. The summed E-state index contributed by atoms with van der Waals surface area (Å²) in [6.07, 6.45) is -0.737. The third-order valence-electron chi connectivity index (χ3n) is 2.89. The maximum atomic E-state index is 12.0. The fourth-order valence-electron chi connectivity index (χ4n) is 2.18. The van der Waals surface area contributed by atoms with Crippen molar-refractivity contribution in [3.8, 4) is 0 Å². The van der Waals surface area contributed by atoms with Crippen molar-refractivity contribution in [2.45, 2.75) is 57.8 Å². The summed E-state index contributed by atoms with van der Waals surface area (Å²) in [6.45, 7) is 8.00. The fraction of sp³-hybridized carbons (Fsp3) is 0.833. The van der Waals surface area contributed by atoms with Crippen molar-refractivity contribution in [2.24, 2.45) is 0 Å². The molecule has 2 atom stereocenters. The highest BCUT2D eigenvalue weighted by atomic mass is 16.6. The molecule has 0 saturated carbocycles. The molecule has 0 radical (unpaired) electrons. The van der Waals surface area contributed by atoms with Crippen LogP contribution in [0.25, 0.3) is 0 Å². The van der Waals surface area contributed by atoms with Crippen LogP contribution in [0.15, 0.2) is 0 Å². The second kappa shape index (κ2) is 4.12. The van der Waals surface area contributed by atoms with Gasteiger partial charge in [-0.1, -0.05) is 0 Å². The molecule has 0 bridgehead atoms. The molecule has 0 aromatic heterocycles. The Balaban J connectivity index is 2.99. The predicted molar refractivity (Wildman–Crippen MR) is 64.2 cm³/mol. The molecule has 1 fully saturated rings. The highest BCUT2D eigenvalue weighted by Crippen LogP contribution is 2.36. The monoisotopic (exact) mass is 259 g/mol. The van der Waals surface area contributed by atoms with Gasteiger partial charge in [0, 0.05) is 6.42 Å². The first-order valence-electron chi connectivity index (χ1n) is 5.84. The summed E-state index contributed by atoms with van der Waals surface area (Å²) in [5.74, 6) is -1.15. The molecule has 1 aliphatic rings. The summed E-state index contributed by atoms with van der Waals surface area (Å²) in [5, 5.41) is 19.2. The van der Waals surface area contributed by atoms with Crippen molar-refractivity contribution in [2.75, 3.05) is 6.54 Å². The number of aliphatic hydroxyl groups is 1. The molecular formula is C12H21NO5. The average molecular weight is 259 g/mol. The lowest BCUT2D eigenvalue weighted by Gasteiger charge is -2.32. The molecule has 0 aromatic carbocycles. The number of hydrogen-bond acceptors (Lipinski definition) is 4. The highest BCUT2D eigenvalue weighted by molar-refractivity contribution is 5.85. The summed E-state index contributed by atoms with van der Waals surface area (Å²) in [7, 11) is 0. The molecule has 1 unspecified atom stereocenters. The van der Waals surface area contributed by atoms with Gasteiger partial charge in [0.15, 0.2) is 0 Å². The van der Waals surface area contributed by atoms with Crippen molar-refractivity contribution < 1.29 is 24.5 Å². The highest BCUT2D eigenvalue weighted by Gasteiger charge is 2.55. The van der Waals surface area contributed by atoms with Crippen molar-refractivity contribution >= 4 is 12.1 Å². The molecular weight excluding hydrogens is 238 g/mol. The van der Waals surface area contributed by atoms with E-state index in [0.29, 0.717) is 0 Å². The van der Waals surface area contributed by atoms with Gasteiger partial charge in [0.1, 0.15) is 11.1 Å². The zero-order chi connectivity index (χ0) is 14.4. The topological polar surface area (TPSA) is 87.1 Å². The zero-order valence-electron chi connectivity index (χ0n) is 11.5. The normalized spacial score (nSPS) is 32.4. The van der Waals surface area contributed by atoms with Crippen LogP contribution in [0.4, 0.5) is 4.79 Å². The lowest BCUT2D eigenvalue weighted by atomic mass is 9.93. The smallest absolute Gasteiger partial charge is 0.411 e. The minimum Gasteiger partial charge on any atom is -0.480 e. The van der Waals surface area contributed by atoms with Gasteiger partial charge in [-0.05, 0) is 34.6 Å². The summed E-state index contributed by atoms with van der Waals surface area (Å²) in [4.78, 5) is 24.4. The lowest BCUT2D eigenvalue weighted by molar-refractivity contribution is -0.148. The van der Waals surface area contributed by atoms with Gasteiger partial charge in [-0.2, -0.15) is 0 Å². The molecule has 1 aliphatic heterocycles. The van der Waals surface area contributed by atoms with Crippen LogP contribution >= 0.6 is 0 Å². The molecule has 18 heavy (non-hydrogen) atoms. The third kappa shape index (κ3) is 2.93. The van der Waals surface area contributed by atoms with E-state index in [2.05, 4.69) is 0 Å². The van der Waals surface area contributed by atoms with Crippen molar-refractivity contribution in [1.82, 2.24) is 4.90 Å². The Bertz CT molecular complexity index is 371. The van der Waals surface area contributed by atoms with Crippen LogP contribution in [0, 0.1) is 0 Å². The van der Waals surface area contributed by atoms with E-state index in [1.807, 2.05) is 0 Å². The maximum Gasteiger partial charge on any atom is 0.411 e. The Hall–Kier alpha value is -1.30. The van der Waals surface area contributed by atoms with Crippen LogP contribution in [-0.4, -0.2) is 50.5 Å². The fourth-order valence-corrected chi connectivity index (χ4v) is 2.18. The number of hydrogen-bond donors (Lipinski definition) is 2. The van der Waals surface area contributed by atoms with Crippen molar-refractivity contribution in [3.63, 3.8) is 0 Å². The van der Waals surface area contributed by atoms with Crippen LogP contribution in [0.2, 0.25) is 0 Å². The van der Waals surface area contributed by atoms with Crippen molar-refractivity contribution in [1.29, 1.82) is 0 Å². The molecule has 1 saturated heterocycles. The van der Waals surface area contributed by atoms with Crippen molar-refractivity contribution in [3.05, 3.63) is 0 Å². The van der Waals surface area contributed by atoms with Gasteiger partial charge in [0.2, 0.25) is 0 Å². The minimum atomic E-state index is -1.44. The number of rotatable bonds is 1. The quantitative estimate of drug-likeness (QED) is 0.739. The number of likely N-dealkylation sites (tertiary alicyclic amines) is 1. The van der Waals surface area contributed by atoms with Gasteiger partial charge in [-0.3, -0.25) is 4.90 Å². The van der Waals surface area contributed by atoms with E-state index in [0.717, 1.165) is 4.90 Å². The first-order valence-corrected chi connectivity index (χ1v) is 5.84. The lowest BCUT2D eigenvalue weighted by Crippen LogP contribution is -2.52. The third-order valence-corrected chi connectivity index (χ3v) is 2.89. The Morgan fingerprint density at radius 1 is 1.28 bits per heavy atom. The number of carbonyl (C=O) groups is 2. The maximum absolute atomic E-state index is 12.0. The molecule has 6 nitrogen and oxygen atoms in total. The summed E-state index contributed by atoms with van der Waals surface area (Å²) in [6, 6.07) is 0. The van der Waals surface area contributed by atoms with E-state index in [9.17, 15) is 19.8 Å². The van der Waals surface area contributed by atoms with Gasteiger partial charge >= 0.3 is 12.1 Å². The number of β-amino-alcohol motifs (C(OH)–C–C–N with tert-alkyl or cyclic N) is 1. The van der Waals surface area contributed by atoms with Gasteiger partial charge < -0.3 is 14.9 Å². The van der Waals surface area contributed by atoms with Gasteiger partial charge in [0.05, 0.1) is 12.1 Å². The Morgan fingerprint density at radius 3 is 2.17 bits per heavy atom. The first kappa shape index (κ1) is 14.8. The van der Waals surface area contributed by atoms with Gasteiger partial charge in [-0.15, -0.1) is 0 Å². The molecule has 0 aliphatic carbocycles. The van der Waals surface area contributed by atoms with E-state index in [4.69, 9.17) is 4.74 Å². The first-order chi connectivity index (χ1) is 7.87. The molecule has 6 heteroatoms. The predicted octanol–water partition coefficient (Wildman–Crippen LogP) is 1.22. The summed E-state index contributed by atoms with van der Waals surface area (Å²) >= 11 is 0. The van der Waals surface area contributed by atoms with Gasteiger partial charge in [0.25, 0.3) is 0 Å². The van der Waals surface area contributed by atoms with Crippen LogP contribution in [-0.2, 0) is 9.53 Å². The molecule has 0 aromatic rings.